The maximum Gasteiger partial charge on any atom is 0.262 e. The summed E-state index contributed by atoms with van der Waals surface area (Å²) < 4.78 is 6.34. The average molecular weight is 363 g/mol. The Morgan fingerprint density at radius 1 is 0.955 bits per heavy atom. The van der Waals surface area contributed by atoms with E-state index in [0.717, 1.165) is 4.47 Å². The van der Waals surface area contributed by atoms with Gasteiger partial charge >= 0.3 is 0 Å². The van der Waals surface area contributed by atoms with Gasteiger partial charge in [-0.15, -0.1) is 0 Å². The standard InChI is InChI=1S/C16H15BrN2O3/c1-11(20)18-13-6-8-15(9-7-13)22-10-16(21)19-14-4-2-12(17)3-5-14/h2-9H,10H2,1H3,(H,18,20)(H,19,21). The van der Waals surface area contributed by atoms with Crippen molar-refractivity contribution in [3.63, 3.8) is 0 Å². The molecule has 0 unspecified atom stereocenters. The second kappa shape index (κ2) is 7.61. The van der Waals surface area contributed by atoms with Crippen LogP contribution >= 0.6 is 15.9 Å². The Kier molecular flexibility index (Phi) is 5.55. The van der Waals surface area contributed by atoms with Crippen molar-refractivity contribution in [2.75, 3.05) is 17.2 Å². The minimum atomic E-state index is -0.242. The predicted molar refractivity (Wildman–Crippen MR) is 89.0 cm³/mol. The molecule has 0 aliphatic rings. The van der Waals surface area contributed by atoms with Crippen molar-refractivity contribution in [3.05, 3.63) is 53.0 Å². The van der Waals surface area contributed by atoms with Gasteiger partial charge in [0.2, 0.25) is 5.91 Å². The fourth-order valence-corrected chi connectivity index (χ4v) is 1.98. The van der Waals surface area contributed by atoms with Gasteiger partial charge in [0, 0.05) is 22.8 Å². The maximum atomic E-state index is 11.8. The third kappa shape index (κ3) is 5.21. The number of hydrogen-bond donors (Lipinski definition) is 2. The highest BCUT2D eigenvalue weighted by atomic mass is 79.9. The summed E-state index contributed by atoms with van der Waals surface area (Å²) in [5.74, 6) is 0.177. The molecule has 0 heterocycles. The van der Waals surface area contributed by atoms with E-state index in [0.29, 0.717) is 17.1 Å². The van der Waals surface area contributed by atoms with Gasteiger partial charge < -0.3 is 15.4 Å². The van der Waals surface area contributed by atoms with Crippen molar-refractivity contribution < 1.29 is 14.3 Å². The van der Waals surface area contributed by atoms with Crippen LogP contribution in [0.4, 0.5) is 11.4 Å². The van der Waals surface area contributed by atoms with Crippen LogP contribution < -0.4 is 15.4 Å². The van der Waals surface area contributed by atoms with E-state index in [9.17, 15) is 9.59 Å². The van der Waals surface area contributed by atoms with Crippen LogP contribution in [0.5, 0.6) is 5.75 Å². The van der Waals surface area contributed by atoms with Gasteiger partial charge in [-0.1, -0.05) is 15.9 Å². The summed E-state index contributed by atoms with van der Waals surface area (Å²) in [4.78, 5) is 22.7. The van der Waals surface area contributed by atoms with Crippen LogP contribution in [0.3, 0.4) is 0 Å². The zero-order chi connectivity index (χ0) is 15.9. The number of rotatable bonds is 5. The maximum absolute atomic E-state index is 11.8. The Balaban J connectivity index is 1.83. The molecule has 0 radical (unpaired) electrons. The molecule has 0 aliphatic heterocycles. The molecule has 0 spiro atoms. The lowest BCUT2D eigenvalue weighted by molar-refractivity contribution is -0.118. The first-order chi connectivity index (χ1) is 10.5. The molecule has 114 valence electrons. The van der Waals surface area contributed by atoms with Crippen molar-refractivity contribution in [1.82, 2.24) is 0 Å². The summed E-state index contributed by atoms with van der Waals surface area (Å²) in [7, 11) is 0. The number of carbonyl (C=O) groups excluding carboxylic acids is 2. The third-order valence-corrected chi connectivity index (χ3v) is 3.20. The summed E-state index contributed by atoms with van der Waals surface area (Å²) >= 11 is 3.33. The fourth-order valence-electron chi connectivity index (χ4n) is 1.72. The molecular formula is C16H15BrN2O3. The molecule has 5 nitrogen and oxygen atoms in total. The van der Waals surface area contributed by atoms with Gasteiger partial charge in [-0.25, -0.2) is 0 Å². The first-order valence-electron chi connectivity index (χ1n) is 6.59. The van der Waals surface area contributed by atoms with Gasteiger partial charge in [-0.05, 0) is 48.5 Å². The molecule has 2 aromatic carbocycles. The van der Waals surface area contributed by atoms with Gasteiger partial charge in [0.1, 0.15) is 5.75 Å². The highest BCUT2D eigenvalue weighted by molar-refractivity contribution is 9.10. The molecular weight excluding hydrogens is 348 g/mol. The van der Waals surface area contributed by atoms with Crippen LogP contribution in [0.2, 0.25) is 0 Å². The molecule has 0 aliphatic carbocycles. The van der Waals surface area contributed by atoms with Crippen LogP contribution in [0.15, 0.2) is 53.0 Å². The molecule has 6 heteroatoms. The van der Waals surface area contributed by atoms with E-state index in [-0.39, 0.29) is 18.4 Å². The largest absolute Gasteiger partial charge is 0.484 e. The number of amides is 2. The Morgan fingerprint density at radius 2 is 1.50 bits per heavy atom. The minimum Gasteiger partial charge on any atom is -0.484 e. The molecule has 0 fully saturated rings. The zero-order valence-corrected chi connectivity index (χ0v) is 13.5. The molecule has 2 amide bonds. The summed E-state index contributed by atoms with van der Waals surface area (Å²) in [6.07, 6.45) is 0. The van der Waals surface area contributed by atoms with Crippen LogP contribution in [-0.4, -0.2) is 18.4 Å². The van der Waals surface area contributed by atoms with Gasteiger partial charge in [-0.2, -0.15) is 0 Å². The van der Waals surface area contributed by atoms with E-state index < -0.39 is 0 Å². The van der Waals surface area contributed by atoms with Gasteiger partial charge in [0.15, 0.2) is 6.61 Å². The number of anilines is 2. The predicted octanol–water partition coefficient (Wildman–Crippen LogP) is 3.43. The first-order valence-corrected chi connectivity index (χ1v) is 7.38. The second-order valence-corrected chi connectivity index (χ2v) is 5.46. The molecule has 2 rings (SSSR count). The van der Waals surface area contributed by atoms with E-state index in [1.807, 2.05) is 12.1 Å². The smallest absolute Gasteiger partial charge is 0.262 e. The summed E-state index contributed by atoms with van der Waals surface area (Å²) in [6.45, 7) is 1.35. The van der Waals surface area contributed by atoms with Crippen LogP contribution in [-0.2, 0) is 9.59 Å². The van der Waals surface area contributed by atoms with E-state index in [2.05, 4.69) is 26.6 Å². The van der Waals surface area contributed by atoms with Crippen molar-refractivity contribution >= 4 is 39.1 Å². The van der Waals surface area contributed by atoms with Gasteiger partial charge in [0.05, 0.1) is 0 Å². The van der Waals surface area contributed by atoms with Gasteiger partial charge in [0.25, 0.3) is 5.91 Å². The molecule has 0 saturated heterocycles. The van der Waals surface area contributed by atoms with E-state index in [1.54, 1.807) is 36.4 Å². The lowest BCUT2D eigenvalue weighted by atomic mass is 10.3. The van der Waals surface area contributed by atoms with Crippen LogP contribution in [0.1, 0.15) is 6.92 Å². The molecule has 0 atom stereocenters. The molecule has 22 heavy (non-hydrogen) atoms. The third-order valence-electron chi connectivity index (χ3n) is 2.67. The first kappa shape index (κ1) is 16.0. The van der Waals surface area contributed by atoms with E-state index in [4.69, 9.17) is 4.74 Å². The monoisotopic (exact) mass is 362 g/mol. The van der Waals surface area contributed by atoms with Crippen LogP contribution in [0.25, 0.3) is 0 Å². The zero-order valence-electron chi connectivity index (χ0n) is 11.9. The van der Waals surface area contributed by atoms with Crippen molar-refractivity contribution in [2.45, 2.75) is 6.92 Å². The number of carbonyl (C=O) groups is 2. The van der Waals surface area contributed by atoms with Crippen molar-refractivity contribution in [3.8, 4) is 5.75 Å². The van der Waals surface area contributed by atoms with Crippen molar-refractivity contribution in [1.29, 1.82) is 0 Å². The normalized spacial score (nSPS) is 9.91. The SMILES string of the molecule is CC(=O)Nc1ccc(OCC(=O)Nc2ccc(Br)cc2)cc1. The van der Waals surface area contributed by atoms with E-state index >= 15 is 0 Å². The minimum absolute atomic E-state index is 0.0878. The molecule has 0 bridgehead atoms. The summed E-state index contributed by atoms with van der Waals surface area (Å²) in [6, 6.07) is 14.1. The summed E-state index contributed by atoms with van der Waals surface area (Å²) in [5, 5.41) is 5.39. The molecule has 2 aromatic rings. The molecule has 2 N–H and O–H groups in total. The highest BCUT2D eigenvalue weighted by Crippen LogP contribution is 2.16. The average Bonchev–Trinajstić information content (AvgIpc) is 2.48. The molecule has 0 saturated carbocycles. The van der Waals surface area contributed by atoms with Crippen molar-refractivity contribution in [2.24, 2.45) is 0 Å². The lowest BCUT2D eigenvalue weighted by Crippen LogP contribution is -2.20. The van der Waals surface area contributed by atoms with Gasteiger partial charge in [-0.3, -0.25) is 9.59 Å². The Labute approximate surface area is 136 Å². The Morgan fingerprint density at radius 3 is 2.09 bits per heavy atom. The second-order valence-electron chi connectivity index (χ2n) is 4.55. The van der Waals surface area contributed by atoms with E-state index in [1.165, 1.54) is 6.92 Å². The fraction of sp³-hybridized carbons (Fsp3) is 0.125. The highest BCUT2D eigenvalue weighted by Gasteiger charge is 2.04. The number of hydrogen-bond acceptors (Lipinski definition) is 3. The quantitative estimate of drug-likeness (QED) is 0.855. The van der Waals surface area contributed by atoms with Crippen LogP contribution in [0, 0.1) is 0 Å². The Hall–Kier alpha value is -2.34. The number of halogens is 1. The summed E-state index contributed by atoms with van der Waals surface area (Å²) in [5.41, 5.74) is 1.39. The lowest BCUT2D eigenvalue weighted by Gasteiger charge is -2.08. The molecule has 0 aromatic heterocycles. The topological polar surface area (TPSA) is 67.4 Å². The Bertz CT molecular complexity index is 654. The number of benzene rings is 2. The number of nitrogens with one attached hydrogen (secondary N) is 2. The number of ether oxygens (including phenoxy) is 1.